The summed E-state index contributed by atoms with van der Waals surface area (Å²) in [6.45, 7) is 6.58. The molecule has 140 valence electrons. The monoisotopic (exact) mass is 424 g/mol. The number of nitrogens with one attached hydrogen (secondary N) is 1. The second-order valence-electron chi connectivity index (χ2n) is 6.74. The molecule has 1 aromatic carbocycles. The number of carbonyl (C=O) groups excluding carboxylic acids is 3. The maximum absolute atomic E-state index is 12.3. The fourth-order valence-electron chi connectivity index (χ4n) is 2.52. The number of alkyl carbamates (subject to hydrolysis) is 1. The summed E-state index contributed by atoms with van der Waals surface area (Å²) in [5, 5.41) is 3.18. The molecule has 2 rings (SSSR count). The topological polar surface area (TPSA) is 86.6 Å². The van der Waals surface area contributed by atoms with Crippen LogP contribution in [0.2, 0.25) is 0 Å². The van der Waals surface area contributed by atoms with Gasteiger partial charge in [0.05, 0.1) is 12.6 Å². The first kappa shape index (κ1) is 20.0. The Hall–Kier alpha value is -2.35. The third-order valence-electron chi connectivity index (χ3n) is 3.55. The van der Waals surface area contributed by atoms with Gasteiger partial charge in [-0.05, 0) is 32.9 Å². The second-order valence-corrected chi connectivity index (χ2v) is 7.65. The highest BCUT2D eigenvalue weighted by atomic mass is 79.9. The number of rotatable bonds is 3. The molecule has 1 unspecified atom stereocenters. The molecule has 1 atom stereocenters. The van der Waals surface area contributed by atoms with Gasteiger partial charge in [0, 0.05) is 28.5 Å². The fraction of sp³-hybridized carbons (Fsp3) is 0.389. The molecule has 8 heteroatoms. The summed E-state index contributed by atoms with van der Waals surface area (Å²) in [5.41, 5.74) is 0.338. The summed E-state index contributed by atoms with van der Waals surface area (Å²) >= 11 is 3.37. The van der Waals surface area contributed by atoms with E-state index in [2.05, 4.69) is 21.2 Å². The van der Waals surface area contributed by atoms with Crippen molar-refractivity contribution in [3.05, 3.63) is 34.4 Å². The van der Waals surface area contributed by atoms with E-state index in [-0.39, 0.29) is 5.91 Å². The third kappa shape index (κ3) is 4.43. The number of amides is 1. The maximum atomic E-state index is 12.3. The van der Waals surface area contributed by atoms with Crippen molar-refractivity contribution in [2.45, 2.75) is 39.3 Å². The van der Waals surface area contributed by atoms with Crippen LogP contribution in [-0.4, -0.2) is 35.2 Å². The van der Waals surface area contributed by atoms with Gasteiger partial charge in [-0.15, -0.1) is 0 Å². The second kappa shape index (κ2) is 7.49. The van der Waals surface area contributed by atoms with E-state index in [1.165, 1.54) is 24.8 Å². The van der Waals surface area contributed by atoms with Crippen molar-refractivity contribution >= 4 is 44.8 Å². The molecule has 0 saturated heterocycles. The van der Waals surface area contributed by atoms with E-state index < -0.39 is 23.7 Å². The summed E-state index contributed by atoms with van der Waals surface area (Å²) in [7, 11) is 1.23. The molecule has 0 fully saturated rings. The van der Waals surface area contributed by atoms with Crippen LogP contribution in [0.5, 0.6) is 0 Å². The summed E-state index contributed by atoms with van der Waals surface area (Å²) in [6.07, 6.45) is 0.770. The van der Waals surface area contributed by atoms with Crippen molar-refractivity contribution in [1.29, 1.82) is 0 Å². The van der Waals surface area contributed by atoms with Crippen LogP contribution in [0.3, 0.4) is 0 Å². The lowest BCUT2D eigenvalue weighted by atomic mass is 10.1. The van der Waals surface area contributed by atoms with E-state index in [9.17, 15) is 14.4 Å². The number of hydrogen-bond acceptors (Lipinski definition) is 5. The van der Waals surface area contributed by atoms with Crippen molar-refractivity contribution < 1.29 is 23.9 Å². The molecule has 1 heterocycles. The van der Waals surface area contributed by atoms with Crippen molar-refractivity contribution in [1.82, 2.24) is 9.88 Å². The van der Waals surface area contributed by atoms with Gasteiger partial charge in [-0.1, -0.05) is 22.0 Å². The molecule has 1 aromatic heterocycles. The maximum Gasteiger partial charge on any atom is 0.408 e. The van der Waals surface area contributed by atoms with Crippen LogP contribution in [0.15, 0.2) is 28.9 Å². The zero-order chi connectivity index (χ0) is 19.6. The van der Waals surface area contributed by atoms with Gasteiger partial charge in [0.25, 0.3) is 0 Å². The third-order valence-corrected chi connectivity index (χ3v) is 4.04. The van der Waals surface area contributed by atoms with Crippen LogP contribution in [0, 0.1) is 0 Å². The van der Waals surface area contributed by atoms with Gasteiger partial charge >= 0.3 is 12.1 Å². The highest BCUT2D eigenvalue weighted by Gasteiger charge is 2.30. The molecule has 26 heavy (non-hydrogen) atoms. The SMILES string of the molecule is COC(=O)C(NC(=O)OC(C)(C)C)c1cn(C(C)=O)c2cc(Br)ccc12. The Bertz CT molecular complexity index is 866. The smallest absolute Gasteiger partial charge is 0.408 e. The van der Waals surface area contributed by atoms with Crippen LogP contribution in [0.25, 0.3) is 10.9 Å². The number of aromatic nitrogens is 1. The largest absolute Gasteiger partial charge is 0.467 e. The number of esters is 1. The van der Waals surface area contributed by atoms with Crippen molar-refractivity contribution in [3.63, 3.8) is 0 Å². The van der Waals surface area contributed by atoms with Crippen LogP contribution in [0.4, 0.5) is 4.79 Å². The molecule has 0 spiro atoms. The first-order valence-corrected chi connectivity index (χ1v) is 8.71. The molecule has 0 bridgehead atoms. The summed E-state index contributed by atoms with van der Waals surface area (Å²) in [4.78, 5) is 36.5. The molecule has 1 N–H and O–H groups in total. The van der Waals surface area contributed by atoms with Crippen LogP contribution < -0.4 is 5.32 Å². The van der Waals surface area contributed by atoms with Gasteiger partial charge in [0.1, 0.15) is 5.60 Å². The number of methoxy groups -OCH3 is 1. The summed E-state index contributed by atoms with van der Waals surface area (Å²) < 4.78 is 12.3. The molecule has 0 radical (unpaired) electrons. The van der Waals surface area contributed by atoms with Crippen LogP contribution in [0.1, 0.15) is 44.1 Å². The zero-order valence-electron chi connectivity index (χ0n) is 15.3. The van der Waals surface area contributed by atoms with Gasteiger partial charge in [0.15, 0.2) is 6.04 Å². The number of nitrogens with zero attached hydrogens (tertiary/aromatic N) is 1. The number of carbonyl (C=O) groups is 3. The molecule has 7 nitrogen and oxygen atoms in total. The number of halogens is 1. The number of benzene rings is 1. The van der Waals surface area contributed by atoms with E-state index in [1.54, 1.807) is 39.0 Å². The molecule has 0 aliphatic carbocycles. The first-order chi connectivity index (χ1) is 12.0. The number of fused-ring (bicyclic) bond motifs is 1. The normalized spacial score (nSPS) is 12.5. The Balaban J connectivity index is 2.53. The Morgan fingerprint density at radius 1 is 1.23 bits per heavy atom. The molecular formula is C18H21BrN2O5. The summed E-state index contributed by atoms with van der Waals surface area (Å²) in [6, 6.07) is 4.21. The lowest BCUT2D eigenvalue weighted by Gasteiger charge is -2.22. The molecule has 1 amide bonds. The van der Waals surface area contributed by atoms with Gasteiger partial charge in [-0.2, -0.15) is 0 Å². The van der Waals surface area contributed by atoms with Crippen LogP contribution in [-0.2, 0) is 14.3 Å². The quantitative estimate of drug-likeness (QED) is 0.756. The van der Waals surface area contributed by atoms with Crippen molar-refractivity contribution in [3.8, 4) is 0 Å². The predicted molar refractivity (Wildman–Crippen MR) is 100 cm³/mol. The highest BCUT2D eigenvalue weighted by molar-refractivity contribution is 9.10. The minimum absolute atomic E-state index is 0.222. The van der Waals surface area contributed by atoms with Gasteiger partial charge in [-0.3, -0.25) is 9.36 Å². The zero-order valence-corrected chi connectivity index (χ0v) is 16.8. The minimum atomic E-state index is -1.11. The Morgan fingerprint density at radius 3 is 2.42 bits per heavy atom. The lowest BCUT2D eigenvalue weighted by molar-refractivity contribution is -0.143. The van der Waals surface area contributed by atoms with Crippen LogP contribution >= 0.6 is 15.9 Å². The molecule has 2 aromatic rings. The number of hydrogen-bond donors (Lipinski definition) is 1. The Labute approximate surface area is 159 Å². The average Bonchev–Trinajstić information content (AvgIpc) is 2.88. The first-order valence-electron chi connectivity index (χ1n) is 7.92. The predicted octanol–water partition coefficient (Wildman–Crippen LogP) is 3.80. The van der Waals surface area contributed by atoms with E-state index >= 15 is 0 Å². The standard InChI is InChI=1S/C18H21BrN2O5/c1-10(22)21-9-13(12-7-6-11(19)8-14(12)21)15(16(23)25-5)20-17(24)26-18(2,3)4/h6-9,15H,1-5H3,(H,20,24). The number of ether oxygens (including phenoxy) is 2. The Kier molecular flexibility index (Phi) is 5.75. The van der Waals surface area contributed by atoms with E-state index in [1.807, 2.05) is 0 Å². The van der Waals surface area contributed by atoms with Gasteiger partial charge in [0.2, 0.25) is 5.91 Å². The van der Waals surface area contributed by atoms with E-state index in [4.69, 9.17) is 9.47 Å². The van der Waals surface area contributed by atoms with Crippen molar-refractivity contribution in [2.75, 3.05) is 7.11 Å². The lowest BCUT2D eigenvalue weighted by Crippen LogP contribution is -2.38. The molecule has 0 aliphatic rings. The van der Waals surface area contributed by atoms with Crippen molar-refractivity contribution in [2.24, 2.45) is 0 Å². The van der Waals surface area contributed by atoms with E-state index in [0.29, 0.717) is 16.5 Å². The highest BCUT2D eigenvalue weighted by Crippen LogP contribution is 2.30. The van der Waals surface area contributed by atoms with E-state index in [0.717, 1.165) is 4.47 Å². The molecule has 0 saturated carbocycles. The van der Waals surface area contributed by atoms with Gasteiger partial charge in [-0.25, -0.2) is 9.59 Å². The molecule has 0 aliphatic heterocycles. The Morgan fingerprint density at radius 2 is 1.88 bits per heavy atom. The average molecular weight is 425 g/mol. The summed E-state index contributed by atoms with van der Waals surface area (Å²) in [5.74, 6) is -0.887. The molecular weight excluding hydrogens is 404 g/mol. The fourth-order valence-corrected chi connectivity index (χ4v) is 2.87. The van der Waals surface area contributed by atoms with Gasteiger partial charge < -0.3 is 14.8 Å². The minimum Gasteiger partial charge on any atom is -0.467 e.